The number of fused-ring (bicyclic) bond motifs is 8. The Morgan fingerprint density at radius 2 is 1.72 bits per heavy atom. The van der Waals surface area contributed by atoms with Gasteiger partial charge in [0.2, 0.25) is 0 Å². The molecule has 4 saturated carbocycles. The van der Waals surface area contributed by atoms with Gasteiger partial charge in [-0.1, -0.05) is 52.8 Å². The smallest absolute Gasteiger partial charge is 0.309 e. The number of pyridine rings is 1. The summed E-state index contributed by atoms with van der Waals surface area (Å²) < 4.78 is 0. The lowest BCUT2D eigenvalue weighted by Crippen LogP contribution is -2.67. The summed E-state index contributed by atoms with van der Waals surface area (Å²) in [5.74, 6) is 1.88. The van der Waals surface area contributed by atoms with Crippen LogP contribution in [0.2, 0.25) is 0 Å². The van der Waals surface area contributed by atoms with Gasteiger partial charge in [-0.2, -0.15) is 0 Å². The summed E-state index contributed by atoms with van der Waals surface area (Å²) in [6.45, 7) is 19.3. The second-order valence-corrected chi connectivity index (χ2v) is 15.1. The van der Waals surface area contributed by atoms with Crippen molar-refractivity contribution in [1.82, 2.24) is 4.98 Å². The van der Waals surface area contributed by atoms with Crippen LogP contribution < -0.4 is 0 Å². The Morgan fingerprint density at radius 1 is 0.972 bits per heavy atom. The highest BCUT2D eigenvalue weighted by molar-refractivity contribution is 5.76. The number of allylic oxidation sites excluding steroid dienone is 1. The average Bonchev–Trinajstić information content (AvgIpc) is 3.21. The highest BCUT2D eigenvalue weighted by Crippen LogP contribution is 2.77. The Hall–Kier alpha value is -1.64. The number of hydrogen-bond acceptors (Lipinski definition) is 2. The van der Waals surface area contributed by atoms with Crippen LogP contribution in [0.4, 0.5) is 0 Å². The van der Waals surface area contributed by atoms with E-state index in [1.807, 2.05) is 6.20 Å². The molecule has 1 heterocycles. The van der Waals surface area contributed by atoms with E-state index in [2.05, 4.69) is 60.3 Å². The molecule has 3 heteroatoms. The van der Waals surface area contributed by atoms with Crippen LogP contribution in [0.15, 0.2) is 30.5 Å². The van der Waals surface area contributed by atoms with E-state index >= 15 is 0 Å². The first-order valence-electron chi connectivity index (χ1n) is 14.7. The first-order chi connectivity index (χ1) is 16.8. The van der Waals surface area contributed by atoms with Gasteiger partial charge < -0.3 is 5.11 Å². The molecular weight excluding hydrogens is 442 g/mol. The molecule has 0 spiro atoms. The molecular formula is C33H47NO2. The maximum absolute atomic E-state index is 12.9. The third-order valence-electron chi connectivity index (χ3n) is 13.7. The van der Waals surface area contributed by atoms with Crippen LogP contribution in [-0.4, -0.2) is 16.1 Å². The molecule has 9 atom stereocenters. The van der Waals surface area contributed by atoms with E-state index in [0.29, 0.717) is 23.7 Å². The molecule has 196 valence electrons. The van der Waals surface area contributed by atoms with Gasteiger partial charge in [0.25, 0.3) is 0 Å². The van der Waals surface area contributed by atoms with Crippen molar-refractivity contribution in [3.63, 3.8) is 0 Å². The lowest BCUT2D eigenvalue weighted by molar-refractivity contribution is -0.228. The molecule has 0 radical (unpaired) electrons. The van der Waals surface area contributed by atoms with Gasteiger partial charge in [0.1, 0.15) is 0 Å². The van der Waals surface area contributed by atoms with Crippen LogP contribution in [0, 0.1) is 51.2 Å². The van der Waals surface area contributed by atoms with Crippen molar-refractivity contribution in [2.45, 2.75) is 105 Å². The van der Waals surface area contributed by atoms with Gasteiger partial charge in [-0.05, 0) is 122 Å². The Bertz CT molecular complexity index is 1120. The number of carboxylic acid groups (broad SMARTS) is 1. The predicted octanol–water partition coefficient (Wildman–Crippen LogP) is 7.84. The third kappa shape index (κ3) is 2.76. The van der Waals surface area contributed by atoms with E-state index in [1.54, 1.807) is 0 Å². The predicted molar refractivity (Wildman–Crippen MR) is 145 cm³/mol. The standard InChI is InChI=1S/C33H47NO2/c1-20(2)22-12-15-33(28(35)36)17-16-31(6)23(26(22)33)10-11-25-30(5)19-21-9-8-18-34-27(21)29(3,4)24(30)13-14-32(25,31)7/h8-9,18,22-26H,1,10-17,19H2,2-7H3,(H,35,36)/t22-,23+,24-,25+,26+,30-,31+,32+,33-/m0/s1. The zero-order valence-corrected chi connectivity index (χ0v) is 23.5. The lowest BCUT2D eigenvalue weighted by Gasteiger charge is -2.72. The maximum atomic E-state index is 12.9. The zero-order valence-electron chi connectivity index (χ0n) is 23.5. The van der Waals surface area contributed by atoms with Gasteiger partial charge in [0.05, 0.1) is 5.41 Å². The Balaban J connectivity index is 1.44. The summed E-state index contributed by atoms with van der Waals surface area (Å²) in [6.07, 6.45) is 11.8. The second kappa shape index (κ2) is 7.48. The maximum Gasteiger partial charge on any atom is 0.309 e. The van der Waals surface area contributed by atoms with Gasteiger partial charge >= 0.3 is 5.97 Å². The molecule has 6 rings (SSSR count). The molecule has 36 heavy (non-hydrogen) atoms. The van der Waals surface area contributed by atoms with E-state index in [-0.39, 0.29) is 27.6 Å². The summed E-state index contributed by atoms with van der Waals surface area (Å²) in [5, 5.41) is 10.6. The van der Waals surface area contributed by atoms with Crippen molar-refractivity contribution >= 4 is 5.97 Å². The number of aliphatic carboxylic acids is 1. The quantitative estimate of drug-likeness (QED) is 0.431. The number of carbonyl (C=O) groups is 1. The normalized spacial score (nSPS) is 48.6. The van der Waals surface area contributed by atoms with Crippen LogP contribution in [0.3, 0.4) is 0 Å². The number of aromatic nitrogens is 1. The molecule has 5 aliphatic carbocycles. The van der Waals surface area contributed by atoms with E-state index < -0.39 is 11.4 Å². The van der Waals surface area contributed by atoms with Crippen LogP contribution in [0.5, 0.6) is 0 Å². The van der Waals surface area contributed by atoms with Crippen LogP contribution in [0.25, 0.3) is 0 Å². The highest BCUT2D eigenvalue weighted by Gasteiger charge is 2.71. The molecule has 1 aromatic rings. The minimum Gasteiger partial charge on any atom is -0.481 e. The number of rotatable bonds is 2. The second-order valence-electron chi connectivity index (χ2n) is 15.1. The van der Waals surface area contributed by atoms with Crippen molar-refractivity contribution in [1.29, 1.82) is 0 Å². The molecule has 0 unspecified atom stereocenters. The first-order valence-corrected chi connectivity index (χ1v) is 14.7. The molecule has 5 aliphatic rings. The fourth-order valence-corrected chi connectivity index (χ4v) is 12.0. The molecule has 0 amide bonds. The number of carboxylic acids is 1. The lowest BCUT2D eigenvalue weighted by atomic mass is 9.32. The Labute approximate surface area is 218 Å². The van der Waals surface area contributed by atoms with E-state index in [9.17, 15) is 9.90 Å². The molecule has 1 aromatic heterocycles. The van der Waals surface area contributed by atoms with Crippen LogP contribution in [-0.2, 0) is 16.6 Å². The van der Waals surface area contributed by atoms with E-state index in [1.165, 1.54) is 42.5 Å². The fourth-order valence-electron chi connectivity index (χ4n) is 12.0. The topological polar surface area (TPSA) is 50.2 Å². The third-order valence-corrected chi connectivity index (χ3v) is 13.7. The van der Waals surface area contributed by atoms with E-state index in [4.69, 9.17) is 4.98 Å². The molecule has 0 aliphatic heterocycles. The average molecular weight is 490 g/mol. The van der Waals surface area contributed by atoms with Crippen molar-refractivity contribution in [2.24, 2.45) is 51.2 Å². The van der Waals surface area contributed by atoms with Gasteiger partial charge in [-0.3, -0.25) is 9.78 Å². The van der Waals surface area contributed by atoms with E-state index in [0.717, 1.165) is 32.1 Å². The van der Waals surface area contributed by atoms with Crippen molar-refractivity contribution in [3.8, 4) is 0 Å². The Kier molecular flexibility index (Phi) is 5.13. The minimum atomic E-state index is -0.532. The fraction of sp³-hybridized carbons (Fsp3) is 0.758. The molecule has 3 nitrogen and oxygen atoms in total. The summed E-state index contributed by atoms with van der Waals surface area (Å²) in [6, 6.07) is 4.46. The summed E-state index contributed by atoms with van der Waals surface area (Å²) in [4.78, 5) is 17.8. The van der Waals surface area contributed by atoms with Crippen molar-refractivity contribution < 1.29 is 9.90 Å². The van der Waals surface area contributed by atoms with Gasteiger partial charge in [-0.15, -0.1) is 0 Å². The zero-order chi connectivity index (χ0) is 25.9. The van der Waals surface area contributed by atoms with Crippen LogP contribution in [0.1, 0.15) is 104 Å². The number of nitrogens with zero attached hydrogens (tertiary/aromatic N) is 1. The molecule has 0 bridgehead atoms. The molecule has 4 fully saturated rings. The molecule has 1 N–H and O–H groups in total. The van der Waals surface area contributed by atoms with Crippen molar-refractivity contribution in [2.75, 3.05) is 0 Å². The largest absolute Gasteiger partial charge is 0.481 e. The van der Waals surface area contributed by atoms with Gasteiger partial charge in [-0.25, -0.2) is 0 Å². The SMILES string of the molecule is C=C(C)[C@@H]1CC[C@]2(C(=O)O)CC[C@]3(C)[C@H](CC[C@@H]4[C@@]5(C)Cc6cccnc6C(C)(C)[C@@H]5CC[C@]43C)[C@@H]12. The summed E-state index contributed by atoms with van der Waals surface area (Å²) in [5.41, 5.74) is 4.24. The van der Waals surface area contributed by atoms with Gasteiger partial charge in [0.15, 0.2) is 0 Å². The monoisotopic (exact) mass is 489 g/mol. The summed E-state index contributed by atoms with van der Waals surface area (Å²) >= 11 is 0. The molecule has 0 aromatic carbocycles. The van der Waals surface area contributed by atoms with Crippen LogP contribution >= 0.6 is 0 Å². The Morgan fingerprint density at radius 3 is 2.42 bits per heavy atom. The summed E-state index contributed by atoms with van der Waals surface area (Å²) in [7, 11) is 0. The first kappa shape index (κ1) is 24.7. The van der Waals surface area contributed by atoms with Crippen molar-refractivity contribution in [3.05, 3.63) is 41.7 Å². The minimum absolute atomic E-state index is 0.0875. The van der Waals surface area contributed by atoms with Gasteiger partial charge in [0, 0.05) is 17.3 Å². The number of hydrogen-bond donors (Lipinski definition) is 1. The highest BCUT2D eigenvalue weighted by atomic mass is 16.4. The molecule has 0 saturated heterocycles.